The van der Waals surface area contributed by atoms with Crippen LogP contribution in [0, 0.1) is 0 Å². The number of carbonyl (C=O) groups is 2. The van der Waals surface area contributed by atoms with Crippen molar-refractivity contribution in [3.05, 3.63) is 194 Å². The lowest BCUT2D eigenvalue weighted by molar-refractivity contribution is -0.161. The van der Waals surface area contributed by atoms with E-state index in [0.29, 0.717) is 12.8 Å². The number of hydrogen-bond donors (Lipinski definition) is 2. The topological polar surface area (TPSA) is 134 Å². The fourth-order valence-corrected chi connectivity index (χ4v) is 9.67. The Balaban J connectivity index is 4.00. The molecule has 0 aliphatic heterocycles. The minimum absolute atomic E-state index is 0.0410. The van der Waals surface area contributed by atoms with Gasteiger partial charge in [-0.25, -0.2) is 4.57 Å². The molecule has 0 aliphatic rings. The van der Waals surface area contributed by atoms with E-state index in [2.05, 4.69) is 208 Å². The van der Waals surface area contributed by atoms with E-state index < -0.39 is 32.5 Å². The number of ether oxygens (including phenoxy) is 2. The molecule has 0 heterocycles. The molecule has 10 heteroatoms. The van der Waals surface area contributed by atoms with Gasteiger partial charge in [-0.2, -0.15) is 0 Å². The van der Waals surface area contributed by atoms with Gasteiger partial charge in [0.1, 0.15) is 6.61 Å². The molecule has 3 N–H and O–H groups in total. The Labute approximate surface area is 545 Å². The zero-order valence-electron chi connectivity index (χ0n) is 56.1. The van der Waals surface area contributed by atoms with Crippen LogP contribution in [0.25, 0.3) is 0 Å². The molecule has 0 aliphatic carbocycles. The minimum Gasteiger partial charge on any atom is -0.462 e. The summed E-state index contributed by atoms with van der Waals surface area (Å²) in [6.45, 7) is 3.48. The Morgan fingerprint density at radius 2 is 0.584 bits per heavy atom. The number of rotatable bonds is 63. The molecule has 0 radical (unpaired) electrons. The number of esters is 2. The predicted molar refractivity (Wildman–Crippen MR) is 385 cm³/mol. The number of phosphoric acid groups is 1. The van der Waals surface area contributed by atoms with Crippen LogP contribution >= 0.6 is 7.82 Å². The predicted octanol–water partition coefficient (Wildman–Crippen LogP) is 23.3. The average Bonchev–Trinajstić information content (AvgIpc) is 3.68. The summed E-state index contributed by atoms with van der Waals surface area (Å²) < 4.78 is 33.2. The summed E-state index contributed by atoms with van der Waals surface area (Å²) in [5.74, 6) is -0.858. The Morgan fingerprint density at radius 3 is 0.865 bits per heavy atom. The first-order valence-electron chi connectivity index (χ1n) is 34.9. The lowest BCUT2D eigenvalue weighted by Gasteiger charge is -2.19. The summed E-state index contributed by atoms with van der Waals surface area (Å²) in [7, 11) is -4.41. The molecule has 0 bridgehead atoms. The zero-order valence-corrected chi connectivity index (χ0v) is 57.0. The summed E-state index contributed by atoms with van der Waals surface area (Å²) in [5, 5.41) is 0. The molecule has 0 aromatic heterocycles. The number of nitrogens with two attached hydrogens (primary N) is 1. The first-order chi connectivity index (χ1) is 43.8. The van der Waals surface area contributed by atoms with Crippen LogP contribution in [-0.4, -0.2) is 49.3 Å². The third-order valence-electron chi connectivity index (χ3n) is 14.0. The van der Waals surface area contributed by atoms with Crippen molar-refractivity contribution in [3.8, 4) is 0 Å². The molecule has 9 nitrogen and oxygen atoms in total. The smallest absolute Gasteiger partial charge is 0.462 e. The van der Waals surface area contributed by atoms with Gasteiger partial charge < -0.3 is 20.1 Å². The number of allylic oxidation sites excluding steroid dienone is 32. The summed E-state index contributed by atoms with van der Waals surface area (Å²) in [6, 6.07) is 0. The van der Waals surface area contributed by atoms with E-state index in [1.165, 1.54) is 51.4 Å². The summed E-state index contributed by atoms with van der Waals surface area (Å²) >= 11 is 0. The maximum atomic E-state index is 12.8. The van der Waals surface area contributed by atoms with Crippen LogP contribution in [-0.2, 0) is 32.7 Å². The normalized spacial score (nSPS) is 14.2. The molecule has 0 aromatic rings. The lowest BCUT2D eigenvalue weighted by atomic mass is 10.0. The summed E-state index contributed by atoms with van der Waals surface area (Å²) in [6.07, 6.45) is 109. The van der Waals surface area contributed by atoms with E-state index in [1.807, 2.05) is 0 Å². The number of hydrogen-bond acceptors (Lipinski definition) is 8. The van der Waals surface area contributed by atoms with Gasteiger partial charge in [0.2, 0.25) is 0 Å². The van der Waals surface area contributed by atoms with Gasteiger partial charge in [-0.1, -0.05) is 298 Å². The molecule has 0 fully saturated rings. The highest BCUT2D eigenvalue weighted by atomic mass is 31.2. The van der Waals surface area contributed by atoms with Crippen LogP contribution < -0.4 is 5.73 Å². The Morgan fingerprint density at radius 1 is 0.337 bits per heavy atom. The summed E-state index contributed by atoms with van der Waals surface area (Å²) in [5.41, 5.74) is 5.40. The first kappa shape index (κ1) is 83.8. The molecule has 2 atom stereocenters. The number of unbranched alkanes of at least 4 members (excludes halogenated alkanes) is 18. The second-order valence-corrected chi connectivity index (χ2v) is 23.7. The standard InChI is InChI=1S/C79H126NO8P/c1-3-5-7-9-11-13-15-17-19-21-23-25-27-29-31-33-35-36-37-38-39-40-42-44-46-48-50-52-54-56-58-60-62-64-66-68-70-72-79(82)88-77(76-87-89(83,84)86-74-73-80)75-85-78(81)71-69-67-65-63-61-59-57-55-53-51-49-47-45-43-41-34-32-30-28-26-24-22-20-18-16-14-12-10-8-6-4-2/h5-8,11-14,17-20,23-26,29-32,35-36,38-39,41-44,47,49,53,55,77H,3-4,9-10,15-16,21-22,27-28,33-34,37,40,45-46,48,50-52,54,56-76,80H2,1-2H3,(H,83,84)/b7-5-,8-6-,13-11-,14-12-,19-17-,20-18-,25-23-,26-24-,31-29-,32-30-,36-35-,39-38-,43-41-,44-42-,49-47-,55-53-. The van der Waals surface area contributed by atoms with Crippen molar-refractivity contribution in [2.24, 2.45) is 5.73 Å². The van der Waals surface area contributed by atoms with E-state index in [1.54, 1.807) is 0 Å². The quantitative estimate of drug-likeness (QED) is 0.0264. The SMILES string of the molecule is CC/C=C\C/C=C\C/C=C\C/C=C\C/C=C\C/C=C\C/C=C\C/C=C\CCCCCCCCCCCCCCC(=O)OC(COC(=O)CCCCCCCC/C=C\C/C=C\C/C=C\C/C=C\C/C=C\C/C=C\C/C=C\C/C=C\CC)COP(=O)(O)OCCN. The number of phosphoric ester groups is 1. The van der Waals surface area contributed by atoms with Gasteiger partial charge in [0.15, 0.2) is 6.10 Å². The molecule has 0 rings (SSSR count). The van der Waals surface area contributed by atoms with E-state index in [4.69, 9.17) is 24.3 Å². The Hall–Kier alpha value is -5.15. The van der Waals surface area contributed by atoms with E-state index in [9.17, 15) is 19.0 Å². The van der Waals surface area contributed by atoms with Crippen molar-refractivity contribution >= 4 is 19.8 Å². The second kappa shape index (κ2) is 71.9. The van der Waals surface area contributed by atoms with E-state index >= 15 is 0 Å². The fraction of sp³-hybridized carbons (Fsp3) is 0.570. The van der Waals surface area contributed by atoms with Crippen LogP contribution in [0.3, 0.4) is 0 Å². The number of carbonyl (C=O) groups excluding carboxylic acids is 2. The highest BCUT2D eigenvalue weighted by Crippen LogP contribution is 2.43. The molecule has 0 saturated carbocycles. The van der Waals surface area contributed by atoms with Gasteiger partial charge >= 0.3 is 19.8 Å². The van der Waals surface area contributed by atoms with Crippen molar-refractivity contribution in [1.82, 2.24) is 0 Å². The van der Waals surface area contributed by atoms with Crippen molar-refractivity contribution < 1.29 is 37.6 Å². The maximum Gasteiger partial charge on any atom is 0.472 e. The van der Waals surface area contributed by atoms with Crippen molar-refractivity contribution in [3.63, 3.8) is 0 Å². The monoisotopic (exact) mass is 1250 g/mol. The third kappa shape index (κ3) is 71.8. The average molecular weight is 1250 g/mol. The van der Waals surface area contributed by atoms with E-state index in [-0.39, 0.29) is 32.6 Å². The minimum atomic E-state index is -4.41. The molecule has 0 saturated heterocycles. The highest BCUT2D eigenvalue weighted by Gasteiger charge is 2.26. The molecule has 89 heavy (non-hydrogen) atoms. The van der Waals surface area contributed by atoms with Crippen molar-refractivity contribution in [2.75, 3.05) is 26.4 Å². The van der Waals surface area contributed by atoms with Crippen LogP contribution in [0.1, 0.15) is 258 Å². The lowest BCUT2D eigenvalue weighted by Crippen LogP contribution is -2.29. The zero-order chi connectivity index (χ0) is 64.4. The summed E-state index contributed by atoms with van der Waals surface area (Å²) in [4.78, 5) is 35.4. The largest absolute Gasteiger partial charge is 0.472 e. The van der Waals surface area contributed by atoms with Crippen molar-refractivity contribution in [1.29, 1.82) is 0 Å². The van der Waals surface area contributed by atoms with Crippen LogP contribution in [0.4, 0.5) is 0 Å². The van der Waals surface area contributed by atoms with Gasteiger partial charge in [0.25, 0.3) is 0 Å². The molecular formula is C79H126NO8P. The molecule has 2 unspecified atom stereocenters. The Kier molecular flexibility index (Phi) is 67.8. The molecule has 0 amide bonds. The van der Waals surface area contributed by atoms with Crippen LogP contribution in [0.2, 0.25) is 0 Å². The fourth-order valence-electron chi connectivity index (χ4n) is 8.90. The molecular weight excluding hydrogens is 1120 g/mol. The van der Waals surface area contributed by atoms with Crippen LogP contribution in [0.15, 0.2) is 194 Å². The second-order valence-electron chi connectivity index (χ2n) is 22.3. The highest BCUT2D eigenvalue weighted by molar-refractivity contribution is 7.47. The van der Waals surface area contributed by atoms with Gasteiger partial charge in [0.05, 0.1) is 13.2 Å². The van der Waals surface area contributed by atoms with E-state index in [0.717, 1.165) is 167 Å². The Bertz CT molecular complexity index is 2160. The first-order valence-corrected chi connectivity index (χ1v) is 36.4. The van der Waals surface area contributed by atoms with Gasteiger partial charge in [0, 0.05) is 19.4 Å². The maximum absolute atomic E-state index is 12.8. The van der Waals surface area contributed by atoms with Crippen molar-refractivity contribution in [2.45, 2.75) is 264 Å². The van der Waals surface area contributed by atoms with Gasteiger partial charge in [-0.05, 0) is 141 Å². The third-order valence-corrected chi connectivity index (χ3v) is 15.0. The van der Waals surface area contributed by atoms with Gasteiger partial charge in [-0.3, -0.25) is 18.6 Å². The van der Waals surface area contributed by atoms with Gasteiger partial charge in [-0.15, -0.1) is 0 Å². The molecule has 500 valence electrons. The van der Waals surface area contributed by atoms with Crippen LogP contribution in [0.5, 0.6) is 0 Å². The molecule has 0 spiro atoms. The molecule has 0 aromatic carbocycles.